The van der Waals surface area contributed by atoms with Gasteiger partial charge in [0, 0.05) is 17.0 Å². The van der Waals surface area contributed by atoms with Gasteiger partial charge >= 0.3 is 12.5 Å². The van der Waals surface area contributed by atoms with Crippen molar-refractivity contribution in [2.45, 2.75) is 25.0 Å². The molecule has 1 atom stereocenters. The molecule has 1 amide bonds. The third-order valence-electron chi connectivity index (χ3n) is 5.09. The van der Waals surface area contributed by atoms with E-state index >= 15 is 0 Å². The first-order valence-corrected chi connectivity index (χ1v) is 10.3. The Morgan fingerprint density at radius 2 is 1.72 bits per heavy atom. The number of benzene rings is 2. The molecule has 2 heterocycles. The van der Waals surface area contributed by atoms with Gasteiger partial charge in [-0.15, -0.1) is 24.5 Å². The lowest BCUT2D eigenvalue weighted by Crippen LogP contribution is -2.40. The molecule has 0 radical (unpaired) electrons. The van der Waals surface area contributed by atoms with Crippen molar-refractivity contribution in [2.75, 3.05) is 6.54 Å². The van der Waals surface area contributed by atoms with E-state index < -0.39 is 35.8 Å². The Kier molecular flexibility index (Phi) is 5.66. The Morgan fingerprint density at radius 3 is 2.38 bits per heavy atom. The van der Waals surface area contributed by atoms with Crippen LogP contribution in [0.25, 0.3) is 0 Å². The summed E-state index contributed by atoms with van der Waals surface area (Å²) in [6.45, 7) is 0.258. The fraction of sp³-hybridized carbons (Fsp3) is 0.227. The van der Waals surface area contributed by atoms with Crippen LogP contribution in [0.15, 0.2) is 60.0 Å². The van der Waals surface area contributed by atoms with Crippen LogP contribution in [0.1, 0.15) is 38.0 Å². The lowest BCUT2D eigenvalue weighted by atomic mass is 9.92. The Hall–Kier alpha value is -3.01. The van der Waals surface area contributed by atoms with Crippen LogP contribution in [0.3, 0.4) is 0 Å². The van der Waals surface area contributed by atoms with Crippen LogP contribution in [0.2, 0.25) is 0 Å². The number of nitrogens with zero attached hydrogens (tertiary/aromatic N) is 1. The molecule has 1 aromatic heterocycles. The Labute approximate surface area is 182 Å². The molecule has 32 heavy (non-hydrogen) atoms. The number of fused-ring (bicyclic) bond motifs is 1. The molecule has 168 valence electrons. The highest BCUT2D eigenvalue weighted by molar-refractivity contribution is 7.10. The van der Waals surface area contributed by atoms with Crippen molar-refractivity contribution in [1.82, 2.24) is 4.90 Å². The van der Waals surface area contributed by atoms with Crippen LogP contribution in [-0.2, 0) is 12.6 Å². The summed E-state index contributed by atoms with van der Waals surface area (Å²) >= 11 is 1.49. The molecule has 0 N–H and O–H groups in total. The zero-order valence-corrected chi connectivity index (χ0v) is 17.0. The molecule has 0 aliphatic carbocycles. The van der Waals surface area contributed by atoms with Crippen molar-refractivity contribution in [1.29, 1.82) is 0 Å². The monoisotopic (exact) mass is 471 g/mol. The van der Waals surface area contributed by atoms with Crippen molar-refractivity contribution >= 4 is 17.2 Å². The second kappa shape index (κ2) is 8.16. The van der Waals surface area contributed by atoms with E-state index in [-0.39, 0.29) is 12.1 Å². The highest BCUT2D eigenvalue weighted by atomic mass is 32.1. The van der Waals surface area contributed by atoms with Crippen LogP contribution in [0.5, 0.6) is 5.75 Å². The van der Waals surface area contributed by atoms with Crippen LogP contribution in [0.4, 0.5) is 26.3 Å². The van der Waals surface area contributed by atoms with Gasteiger partial charge in [-0.05, 0) is 59.3 Å². The highest BCUT2D eigenvalue weighted by Crippen LogP contribution is 2.39. The van der Waals surface area contributed by atoms with Crippen LogP contribution in [-0.4, -0.2) is 23.7 Å². The summed E-state index contributed by atoms with van der Waals surface area (Å²) in [6, 6.07) is 10.5. The standard InChI is InChI=1S/C22H15F6NO2S/c23-21(24,25)15-3-1-2-14(12-15)20(30)29-10-8-18-17(9-11-32-18)19(29)13-4-6-16(7-5-13)31-22(26,27)28/h1-7,9,11-12,19H,8,10H2. The molecule has 0 fully saturated rings. The van der Waals surface area contributed by atoms with Crippen LogP contribution >= 0.6 is 11.3 Å². The molecule has 2 aromatic carbocycles. The van der Waals surface area contributed by atoms with E-state index in [4.69, 9.17) is 0 Å². The molecule has 1 unspecified atom stereocenters. The van der Waals surface area contributed by atoms with Crippen molar-refractivity contribution < 1.29 is 35.9 Å². The summed E-state index contributed by atoms with van der Waals surface area (Å²) in [7, 11) is 0. The minimum atomic E-state index is -4.83. The molecule has 3 nitrogen and oxygen atoms in total. The molecule has 0 saturated heterocycles. The van der Waals surface area contributed by atoms with E-state index in [1.165, 1.54) is 40.5 Å². The van der Waals surface area contributed by atoms with Gasteiger partial charge in [-0.1, -0.05) is 18.2 Å². The van der Waals surface area contributed by atoms with Gasteiger partial charge in [-0.3, -0.25) is 4.79 Å². The molecule has 1 aliphatic heterocycles. The predicted octanol–water partition coefficient (Wildman–Crippen LogP) is 6.45. The third-order valence-corrected chi connectivity index (χ3v) is 6.09. The first-order valence-electron chi connectivity index (χ1n) is 9.43. The molecule has 1 aliphatic rings. The number of amides is 1. The van der Waals surface area contributed by atoms with Gasteiger partial charge in [-0.25, -0.2) is 0 Å². The topological polar surface area (TPSA) is 29.5 Å². The first kappa shape index (κ1) is 22.2. The zero-order valence-electron chi connectivity index (χ0n) is 16.2. The fourth-order valence-electron chi connectivity index (χ4n) is 3.74. The number of carbonyl (C=O) groups is 1. The fourth-order valence-corrected chi connectivity index (χ4v) is 4.64. The molecular weight excluding hydrogens is 456 g/mol. The molecule has 0 saturated carbocycles. The van der Waals surface area contributed by atoms with Gasteiger partial charge in [0.25, 0.3) is 5.91 Å². The zero-order chi connectivity index (χ0) is 23.1. The maximum absolute atomic E-state index is 13.2. The summed E-state index contributed by atoms with van der Waals surface area (Å²) in [4.78, 5) is 15.7. The van der Waals surface area contributed by atoms with Gasteiger partial charge in [0.05, 0.1) is 11.6 Å². The maximum atomic E-state index is 13.2. The molecular formula is C22H15F6NO2S. The van der Waals surface area contributed by atoms with Gasteiger partial charge < -0.3 is 9.64 Å². The summed E-state index contributed by atoms with van der Waals surface area (Å²) in [6.07, 6.45) is -8.89. The van der Waals surface area contributed by atoms with E-state index in [0.717, 1.165) is 34.7 Å². The summed E-state index contributed by atoms with van der Waals surface area (Å²) < 4.78 is 80.6. The maximum Gasteiger partial charge on any atom is 0.573 e. The second-order valence-corrected chi connectivity index (χ2v) is 8.15. The number of hydrogen-bond donors (Lipinski definition) is 0. The summed E-state index contributed by atoms with van der Waals surface area (Å²) in [5.41, 5.74) is 0.285. The third kappa shape index (κ3) is 4.59. The lowest BCUT2D eigenvalue weighted by molar-refractivity contribution is -0.274. The number of carbonyl (C=O) groups excluding carboxylic acids is 1. The SMILES string of the molecule is O=C(c1cccc(C(F)(F)F)c1)N1CCc2sccc2C1c1ccc(OC(F)(F)F)cc1. The van der Waals surface area contributed by atoms with E-state index in [0.29, 0.717) is 12.0 Å². The first-order chi connectivity index (χ1) is 15.0. The van der Waals surface area contributed by atoms with Crippen LogP contribution < -0.4 is 4.74 Å². The summed E-state index contributed by atoms with van der Waals surface area (Å²) in [5, 5.41) is 1.84. The van der Waals surface area contributed by atoms with Gasteiger partial charge in [0.15, 0.2) is 0 Å². The normalized spacial score (nSPS) is 16.6. The average Bonchev–Trinajstić information content (AvgIpc) is 3.20. The minimum Gasteiger partial charge on any atom is -0.406 e. The smallest absolute Gasteiger partial charge is 0.406 e. The van der Waals surface area contributed by atoms with E-state index in [1.54, 1.807) is 0 Å². The number of rotatable bonds is 3. The quantitative estimate of drug-likeness (QED) is 0.411. The molecule has 3 aromatic rings. The predicted molar refractivity (Wildman–Crippen MR) is 105 cm³/mol. The summed E-state index contributed by atoms with van der Waals surface area (Å²) in [5.74, 6) is -0.994. The Morgan fingerprint density at radius 1 is 1.00 bits per heavy atom. The van der Waals surface area contributed by atoms with Crippen molar-refractivity contribution in [2.24, 2.45) is 0 Å². The van der Waals surface area contributed by atoms with Gasteiger partial charge in [-0.2, -0.15) is 13.2 Å². The number of hydrogen-bond acceptors (Lipinski definition) is 3. The molecule has 4 rings (SSSR count). The number of thiophene rings is 1. The van der Waals surface area contributed by atoms with E-state index in [2.05, 4.69) is 4.74 Å². The minimum absolute atomic E-state index is 0.111. The lowest BCUT2D eigenvalue weighted by Gasteiger charge is -2.36. The van der Waals surface area contributed by atoms with Crippen molar-refractivity contribution in [3.05, 3.63) is 87.1 Å². The van der Waals surface area contributed by atoms with Gasteiger partial charge in [0.2, 0.25) is 0 Å². The van der Waals surface area contributed by atoms with Crippen molar-refractivity contribution in [3.8, 4) is 5.75 Å². The number of ether oxygens (including phenoxy) is 1. The second-order valence-electron chi connectivity index (χ2n) is 7.15. The molecule has 0 spiro atoms. The van der Waals surface area contributed by atoms with Crippen molar-refractivity contribution in [3.63, 3.8) is 0 Å². The van der Waals surface area contributed by atoms with E-state index in [9.17, 15) is 31.1 Å². The Balaban J connectivity index is 1.70. The Bertz CT molecular complexity index is 1120. The molecule has 10 heteroatoms. The van der Waals surface area contributed by atoms with Crippen LogP contribution in [0, 0.1) is 0 Å². The van der Waals surface area contributed by atoms with Gasteiger partial charge in [0.1, 0.15) is 5.75 Å². The largest absolute Gasteiger partial charge is 0.573 e. The van der Waals surface area contributed by atoms with E-state index in [1.807, 2.05) is 11.4 Å². The average molecular weight is 471 g/mol. The highest BCUT2D eigenvalue weighted by Gasteiger charge is 2.36. The number of halogens is 6. The molecule has 0 bridgehead atoms. The number of alkyl halides is 6.